The van der Waals surface area contributed by atoms with Gasteiger partial charge >= 0.3 is 0 Å². The lowest BCUT2D eigenvalue weighted by molar-refractivity contribution is -0.114. The molecule has 0 bridgehead atoms. The van der Waals surface area contributed by atoms with Crippen LogP contribution >= 0.6 is 11.8 Å². The van der Waals surface area contributed by atoms with Crippen LogP contribution in [0.15, 0.2) is 88.7 Å². The number of hydrogen-bond acceptors (Lipinski definition) is 8. The summed E-state index contributed by atoms with van der Waals surface area (Å²) < 4.78 is 17.3. The van der Waals surface area contributed by atoms with Gasteiger partial charge in [-0.25, -0.2) is 0 Å². The zero-order chi connectivity index (χ0) is 25.6. The molecule has 9 nitrogen and oxygen atoms in total. The smallest absolute Gasteiger partial charge is 0.283 e. The molecule has 0 atom stereocenters. The van der Waals surface area contributed by atoms with Crippen LogP contribution in [0.2, 0.25) is 0 Å². The molecule has 2 aliphatic heterocycles. The molecule has 0 aliphatic carbocycles. The van der Waals surface area contributed by atoms with Crippen molar-refractivity contribution in [2.24, 2.45) is 10.1 Å². The number of hydrogen-bond donors (Lipinski definition) is 1. The number of para-hydroxylation sites is 1. The first-order chi connectivity index (χ1) is 18.1. The number of aromatic nitrogens is 1. The van der Waals surface area contributed by atoms with E-state index in [-0.39, 0.29) is 11.4 Å². The minimum absolute atomic E-state index is 0.0438. The van der Waals surface area contributed by atoms with Crippen LogP contribution in [0, 0.1) is 5.41 Å². The van der Waals surface area contributed by atoms with E-state index in [9.17, 15) is 4.79 Å². The Hall–Kier alpha value is -4.44. The number of amides is 1. The maximum absolute atomic E-state index is 12.8. The molecular formula is C27H23N5O4S. The zero-order valence-electron chi connectivity index (χ0n) is 20.0. The van der Waals surface area contributed by atoms with E-state index in [0.29, 0.717) is 47.1 Å². The fraction of sp³-hybridized carbons (Fsp3) is 0.148. The highest BCUT2D eigenvalue weighted by Gasteiger charge is 2.36. The number of nitrogens with one attached hydrogen (secondary N) is 1. The Morgan fingerprint density at radius 1 is 1.00 bits per heavy atom. The summed E-state index contributed by atoms with van der Waals surface area (Å²) in [7, 11) is 0. The number of aliphatic imine (C=N–C) groups is 1. The number of carbonyl (C=O) groups is 1. The van der Waals surface area contributed by atoms with Gasteiger partial charge in [0.1, 0.15) is 24.0 Å². The molecule has 10 heteroatoms. The Balaban J connectivity index is 1.31. The molecule has 1 N–H and O–H groups in total. The van der Waals surface area contributed by atoms with Gasteiger partial charge < -0.3 is 14.2 Å². The summed E-state index contributed by atoms with van der Waals surface area (Å²) in [5.41, 5.74) is 1.60. The summed E-state index contributed by atoms with van der Waals surface area (Å²) in [6.45, 7) is 3.03. The molecule has 2 aliphatic rings. The largest absolute Gasteiger partial charge is 0.490 e. The number of rotatable bonds is 9. The topological polar surface area (TPSA) is 109 Å². The van der Waals surface area contributed by atoms with Crippen LogP contribution in [0.3, 0.4) is 0 Å². The summed E-state index contributed by atoms with van der Waals surface area (Å²) in [5.74, 6) is 1.33. The van der Waals surface area contributed by atoms with E-state index in [1.165, 1.54) is 16.8 Å². The van der Waals surface area contributed by atoms with Gasteiger partial charge in [-0.1, -0.05) is 24.3 Å². The van der Waals surface area contributed by atoms with Crippen molar-refractivity contribution in [1.29, 1.82) is 5.41 Å². The summed E-state index contributed by atoms with van der Waals surface area (Å²) in [4.78, 5) is 21.1. The van der Waals surface area contributed by atoms with Gasteiger partial charge in [0.2, 0.25) is 5.17 Å². The lowest BCUT2D eigenvalue weighted by Gasteiger charge is -2.20. The molecule has 0 saturated heterocycles. The molecule has 5 rings (SSSR count). The molecule has 3 heterocycles. The molecule has 0 radical (unpaired) electrons. The van der Waals surface area contributed by atoms with Crippen LogP contribution in [-0.4, -0.2) is 51.8 Å². The fourth-order valence-electron chi connectivity index (χ4n) is 3.59. The number of amidine groups is 2. The molecule has 37 heavy (non-hydrogen) atoms. The Morgan fingerprint density at radius 2 is 1.84 bits per heavy atom. The van der Waals surface area contributed by atoms with E-state index in [2.05, 4.69) is 15.1 Å². The van der Waals surface area contributed by atoms with Crippen molar-refractivity contribution in [3.8, 4) is 17.2 Å². The van der Waals surface area contributed by atoms with Crippen molar-refractivity contribution in [3.05, 3.63) is 89.8 Å². The minimum atomic E-state index is -0.497. The van der Waals surface area contributed by atoms with E-state index in [4.69, 9.17) is 19.6 Å². The van der Waals surface area contributed by atoms with Crippen LogP contribution in [0.1, 0.15) is 18.1 Å². The number of carbonyl (C=O) groups excluding carboxylic acids is 1. The van der Waals surface area contributed by atoms with Crippen molar-refractivity contribution in [1.82, 2.24) is 9.99 Å². The van der Waals surface area contributed by atoms with E-state index in [1.54, 1.807) is 42.7 Å². The van der Waals surface area contributed by atoms with Crippen molar-refractivity contribution >= 4 is 39.8 Å². The second-order valence-electron chi connectivity index (χ2n) is 7.82. The summed E-state index contributed by atoms with van der Waals surface area (Å²) >= 11 is 1.23. The van der Waals surface area contributed by atoms with Gasteiger partial charge in [0.15, 0.2) is 17.3 Å². The maximum atomic E-state index is 12.8. The fourth-order valence-corrected chi connectivity index (χ4v) is 4.48. The van der Waals surface area contributed by atoms with Gasteiger partial charge in [-0.15, -0.1) is 0 Å². The monoisotopic (exact) mass is 513 g/mol. The Bertz CT molecular complexity index is 1410. The normalized spacial score (nSPS) is 15.8. The number of ether oxygens (including phenoxy) is 3. The predicted molar refractivity (Wildman–Crippen MR) is 143 cm³/mol. The molecule has 1 amide bonds. The third kappa shape index (κ3) is 5.54. The van der Waals surface area contributed by atoms with Crippen LogP contribution in [0.4, 0.5) is 0 Å². The van der Waals surface area contributed by atoms with Gasteiger partial charge in [-0.2, -0.15) is 15.1 Å². The Kier molecular flexibility index (Phi) is 7.27. The van der Waals surface area contributed by atoms with Crippen molar-refractivity contribution < 1.29 is 19.0 Å². The van der Waals surface area contributed by atoms with E-state index >= 15 is 0 Å². The first kappa shape index (κ1) is 24.3. The first-order valence-corrected chi connectivity index (χ1v) is 12.4. The van der Waals surface area contributed by atoms with Crippen LogP contribution in [0.5, 0.6) is 17.2 Å². The van der Waals surface area contributed by atoms with Gasteiger partial charge in [0, 0.05) is 18.0 Å². The highest BCUT2D eigenvalue weighted by Crippen LogP contribution is 2.33. The van der Waals surface area contributed by atoms with Crippen LogP contribution in [0.25, 0.3) is 6.08 Å². The van der Waals surface area contributed by atoms with E-state index < -0.39 is 5.91 Å². The SMILES string of the molecule is CCOc1cc(/C=C2\C(=N)N3N=C(c4cccnc4)SC3=NC2=O)ccc1OCCOc1ccccc1. The van der Waals surface area contributed by atoms with Crippen molar-refractivity contribution in [3.63, 3.8) is 0 Å². The second kappa shape index (κ2) is 11.1. The summed E-state index contributed by atoms with van der Waals surface area (Å²) in [6, 6.07) is 18.5. The molecule has 186 valence electrons. The maximum Gasteiger partial charge on any atom is 0.283 e. The molecular weight excluding hydrogens is 490 g/mol. The number of thioether (sulfide) groups is 1. The minimum Gasteiger partial charge on any atom is -0.490 e. The molecule has 3 aromatic rings. The van der Waals surface area contributed by atoms with Crippen LogP contribution in [-0.2, 0) is 4.79 Å². The molecule has 0 unspecified atom stereocenters. The molecule has 0 spiro atoms. The van der Waals surface area contributed by atoms with Gasteiger partial charge in [-0.05, 0) is 66.7 Å². The van der Waals surface area contributed by atoms with E-state index in [1.807, 2.05) is 43.3 Å². The highest BCUT2D eigenvalue weighted by atomic mass is 32.2. The lowest BCUT2D eigenvalue weighted by atomic mass is 10.1. The number of pyridine rings is 1. The highest BCUT2D eigenvalue weighted by molar-refractivity contribution is 8.27. The third-order valence-corrected chi connectivity index (χ3v) is 6.25. The quantitative estimate of drug-likeness (QED) is 0.329. The number of hydrazone groups is 1. The standard InChI is InChI=1S/C27H23N5O4S/c1-2-34-23-16-18(10-11-22(23)36-14-13-35-20-8-4-3-5-9-20)15-21-24(28)32-27(30-25(21)33)37-26(31-32)19-7-6-12-29-17-19/h3-12,15-17,28H,2,13-14H2,1H3/b21-15+,28-24?. The Morgan fingerprint density at radius 3 is 2.62 bits per heavy atom. The molecule has 1 aromatic heterocycles. The third-order valence-electron chi connectivity index (χ3n) is 5.29. The van der Waals surface area contributed by atoms with Gasteiger partial charge in [0.25, 0.3) is 5.91 Å². The number of benzene rings is 2. The molecule has 0 fully saturated rings. The van der Waals surface area contributed by atoms with Gasteiger partial charge in [-0.3, -0.25) is 15.2 Å². The average Bonchev–Trinajstić information content (AvgIpc) is 3.35. The van der Waals surface area contributed by atoms with E-state index in [0.717, 1.165) is 11.3 Å². The van der Waals surface area contributed by atoms with Crippen LogP contribution < -0.4 is 14.2 Å². The summed E-state index contributed by atoms with van der Waals surface area (Å²) in [5, 5.41) is 15.4. The van der Waals surface area contributed by atoms with Gasteiger partial charge in [0.05, 0.1) is 12.2 Å². The molecule has 2 aromatic carbocycles. The number of nitrogens with zero attached hydrogens (tertiary/aromatic N) is 4. The lowest BCUT2D eigenvalue weighted by Crippen LogP contribution is -2.35. The average molecular weight is 514 g/mol. The van der Waals surface area contributed by atoms with Crippen molar-refractivity contribution in [2.45, 2.75) is 6.92 Å². The number of fused-ring (bicyclic) bond motifs is 1. The summed E-state index contributed by atoms with van der Waals surface area (Å²) in [6.07, 6.45) is 4.96. The first-order valence-electron chi connectivity index (χ1n) is 11.6. The second-order valence-corrected chi connectivity index (χ2v) is 8.77. The Labute approximate surface area is 218 Å². The molecule has 0 saturated carbocycles. The predicted octanol–water partition coefficient (Wildman–Crippen LogP) is 4.61. The zero-order valence-corrected chi connectivity index (χ0v) is 20.8. The van der Waals surface area contributed by atoms with Crippen molar-refractivity contribution in [2.75, 3.05) is 19.8 Å².